The molecule has 0 aliphatic carbocycles. The van der Waals surface area contributed by atoms with E-state index >= 15 is 0 Å². The van der Waals surface area contributed by atoms with Crippen molar-refractivity contribution in [3.8, 4) is 0 Å². The van der Waals surface area contributed by atoms with Crippen molar-refractivity contribution >= 4 is 0 Å². The molecule has 26 heavy (non-hydrogen) atoms. The van der Waals surface area contributed by atoms with Gasteiger partial charge in [0.05, 0.1) is 6.10 Å². The van der Waals surface area contributed by atoms with E-state index in [1.54, 1.807) is 12.1 Å². The Hall–Kier alpha value is -1.65. The highest BCUT2D eigenvalue weighted by molar-refractivity contribution is 5.18. The molecule has 0 spiro atoms. The average Bonchev–Trinajstić information content (AvgIpc) is 2.99. The van der Waals surface area contributed by atoms with E-state index in [4.69, 9.17) is 0 Å². The zero-order valence-corrected chi connectivity index (χ0v) is 16.5. The molecule has 0 bridgehead atoms. The van der Waals surface area contributed by atoms with E-state index in [-0.39, 0.29) is 17.8 Å². The zero-order chi connectivity index (χ0) is 19.1. The van der Waals surface area contributed by atoms with Crippen LogP contribution in [-0.2, 0) is 13.1 Å². The van der Waals surface area contributed by atoms with Crippen molar-refractivity contribution in [3.63, 3.8) is 0 Å². The van der Waals surface area contributed by atoms with Gasteiger partial charge >= 0.3 is 0 Å². The normalized spacial score (nSPS) is 13.1. The van der Waals surface area contributed by atoms with Crippen LogP contribution in [0.15, 0.2) is 42.6 Å². The molecule has 1 atom stereocenters. The minimum absolute atomic E-state index is 0.199. The topological polar surface area (TPSA) is 28.4 Å². The predicted octanol–water partition coefficient (Wildman–Crippen LogP) is 4.54. The first-order valence-electron chi connectivity index (χ1n) is 9.64. The number of halogens is 1. The van der Waals surface area contributed by atoms with Gasteiger partial charge in [-0.25, -0.2) is 4.39 Å². The Balaban J connectivity index is 2.08. The second-order valence-electron chi connectivity index (χ2n) is 7.99. The van der Waals surface area contributed by atoms with Crippen molar-refractivity contribution in [3.05, 3.63) is 59.7 Å². The molecule has 0 saturated carbocycles. The lowest BCUT2D eigenvalue weighted by atomic mass is 10.1. The van der Waals surface area contributed by atoms with Crippen molar-refractivity contribution in [2.24, 2.45) is 11.8 Å². The summed E-state index contributed by atoms with van der Waals surface area (Å²) in [7, 11) is 0. The summed E-state index contributed by atoms with van der Waals surface area (Å²) in [6, 6.07) is 10.9. The van der Waals surface area contributed by atoms with Crippen molar-refractivity contribution < 1.29 is 9.50 Å². The molecule has 0 fully saturated rings. The standard InChI is InChI=1S/C22H33FN2O/c1-17(2)10-12-24(16-22(26)18(3)4)15-21-9-6-11-25(21)14-19-7-5-8-20(23)13-19/h5-9,11,13,17-18,22,26H,10,12,14-16H2,1-4H3. The van der Waals surface area contributed by atoms with E-state index in [9.17, 15) is 9.50 Å². The first-order chi connectivity index (χ1) is 12.3. The van der Waals surface area contributed by atoms with Gasteiger partial charge in [0.2, 0.25) is 0 Å². The fourth-order valence-electron chi connectivity index (χ4n) is 2.96. The summed E-state index contributed by atoms with van der Waals surface area (Å²) in [4.78, 5) is 2.34. The first kappa shape index (κ1) is 20.7. The van der Waals surface area contributed by atoms with Gasteiger partial charge in [-0.3, -0.25) is 4.90 Å². The Bertz CT molecular complexity index is 666. The van der Waals surface area contributed by atoms with Crippen LogP contribution in [0.4, 0.5) is 4.39 Å². The molecule has 2 aromatic rings. The van der Waals surface area contributed by atoms with Gasteiger partial charge < -0.3 is 9.67 Å². The second kappa shape index (κ2) is 9.89. The third kappa shape index (κ3) is 6.58. The molecule has 3 nitrogen and oxygen atoms in total. The highest BCUT2D eigenvalue weighted by Crippen LogP contribution is 2.14. The lowest BCUT2D eigenvalue weighted by molar-refractivity contribution is 0.0702. The fraction of sp³-hybridized carbons (Fsp3) is 0.545. The summed E-state index contributed by atoms with van der Waals surface area (Å²) >= 11 is 0. The van der Waals surface area contributed by atoms with Gasteiger partial charge in [0, 0.05) is 31.5 Å². The van der Waals surface area contributed by atoms with Crippen LogP contribution in [0, 0.1) is 17.7 Å². The highest BCUT2D eigenvalue weighted by atomic mass is 19.1. The molecular weight excluding hydrogens is 327 g/mol. The summed E-state index contributed by atoms with van der Waals surface area (Å²) in [6.45, 7) is 11.6. The number of aromatic nitrogens is 1. The van der Waals surface area contributed by atoms with E-state index in [1.165, 1.54) is 11.8 Å². The molecule has 144 valence electrons. The van der Waals surface area contributed by atoms with Crippen LogP contribution >= 0.6 is 0 Å². The van der Waals surface area contributed by atoms with E-state index in [1.807, 2.05) is 18.3 Å². The van der Waals surface area contributed by atoms with Crippen molar-refractivity contribution in [2.75, 3.05) is 13.1 Å². The Kier molecular flexibility index (Phi) is 7.85. The molecule has 1 aromatic heterocycles. The Morgan fingerprint density at radius 2 is 1.88 bits per heavy atom. The minimum atomic E-state index is -0.325. The van der Waals surface area contributed by atoms with Crippen molar-refractivity contribution in [2.45, 2.75) is 53.3 Å². The maximum absolute atomic E-state index is 13.5. The number of nitrogens with zero attached hydrogens (tertiary/aromatic N) is 2. The summed E-state index contributed by atoms with van der Waals surface area (Å²) in [5.74, 6) is 0.679. The molecule has 1 aromatic carbocycles. The summed E-state index contributed by atoms with van der Waals surface area (Å²) in [5, 5.41) is 10.3. The molecule has 4 heteroatoms. The fourth-order valence-corrected chi connectivity index (χ4v) is 2.96. The van der Waals surface area contributed by atoms with Gasteiger partial charge in [-0.1, -0.05) is 39.8 Å². The molecule has 1 heterocycles. The number of rotatable bonds is 10. The summed E-state index contributed by atoms with van der Waals surface area (Å²) < 4.78 is 15.6. The molecule has 2 rings (SSSR count). The molecule has 0 aliphatic heterocycles. The lowest BCUT2D eigenvalue weighted by Gasteiger charge is -2.28. The van der Waals surface area contributed by atoms with Gasteiger partial charge in [-0.05, 0) is 54.6 Å². The highest BCUT2D eigenvalue weighted by Gasteiger charge is 2.17. The minimum Gasteiger partial charge on any atom is -0.392 e. The largest absolute Gasteiger partial charge is 0.392 e. The zero-order valence-electron chi connectivity index (χ0n) is 16.5. The van der Waals surface area contributed by atoms with Gasteiger partial charge in [0.15, 0.2) is 0 Å². The predicted molar refractivity (Wildman–Crippen MR) is 106 cm³/mol. The molecule has 0 amide bonds. The average molecular weight is 361 g/mol. The molecule has 1 unspecified atom stereocenters. The van der Waals surface area contributed by atoms with Gasteiger partial charge in [-0.2, -0.15) is 0 Å². The maximum atomic E-state index is 13.5. The number of benzene rings is 1. The van der Waals surface area contributed by atoms with Crippen LogP contribution in [0.25, 0.3) is 0 Å². The Morgan fingerprint density at radius 3 is 2.54 bits per heavy atom. The summed E-state index contributed by atoms with van der Waals surface area (Å²) in [5.41, 5.74) is 2.15. The third-order valence-corrected chi connectivity index (χ3v) is 4.79. The van der Waals surface area contributed by atoms with Crippen LogP contribution in [0.2, 0.25) is 0 Å². The Morgan fingerprint density at radius 1 is 1.12 bits per heavy atom. The summed E-state index contributed by atoms with van der Waals surface area (Å²) in [6.07, 6.45) is 2.82. The molecular formula is C22H33FN2O. The maximum Gasteiger partial charge on any atom is 0.123 e. The van der Waals surface area contributed by atoms with Gasteiger partial charge in [0.1, 0.15) is 5.82 Å². The Labute approximate surface area is 157 Å². The van der Waals surface area contributed by atoms with E-state index in [0.717, 1.165) is 25.1 Å². The van der Waals surface area contributed by atoms with Crippen LogP contribution in [-0.4, -0.2) is 33.8 Å². The van der Waals surface area contributed by atoms with E-state index < -0.39 is 0 Å². The lowest BCUT2D eigenvalue weighted by Crippen LogP contribution is -2.36. The smallest absolute Gasteiger partial charge is 0.123 e. The van der Waals surface area contributed by atoms with E-state index in [2.05, 4.69) is 43.2 Å². The van der Waals surface area contributed by atoms with Gasteiger partial charge in [-0.15, -0.1) is 0 Å². The number of hydrogen-bond donors (Lipinski definition) is 1. The van der Waals surface area contributed by atoms with Crippen LogP contribution in [0.3, 0.4) is 0 Å². The third-order valence-electron chi connectivity index (χ3n) is 4.79. The van der Waals surface area contributed by atoms with Crippen molar-refractivity contribution in [1.82, 2.24) is 9.47 Å². The van der Waals surface area contributed by atoms with Crippen LogP contribution < -0.4 is 0 Å². The number of aliphatic hydroxyl groups is 1. The molecule has 1 N–H and O–H groups in total. The molecule has 0 saturated heterocycles. The van der Waals surface area contributed by atoms with Crippen molar-refractivity contribution in [1.29, 1.82) is 0 Å². The number of hydrogen-bond acceptors (Lipinski definition) is 2. The van der Waals surface area contributed by atoms with Gasteiger partial charge in [0.25, 0.3) is 0 Å². The second-order valence-corrected chi connectivity index (χ2v) is 7.99. The van der Waals surface area contributed by atoms with E-state index in [0.29, 0.717) is 19.0 Å². The molecule has 0 aliphatic rings. The first-order valence-corrected chi connectivity index (χ1v) is 9.64. The SMILES string of the molecule is CC(C)CCN(Cc1cccn1Cc1cccc(F)c1)CC(O)C(C)C. The molecule has 0 radical (unpaired) electrons. The monoisotopic (exact) mass is 360 g/mol. The quantitative estimate of drug-likeness (QED) is 0.674. The van der Waals surface area contributed by atoms with Crippen LogP contribution in [0.1, 0.15) is 45.4 Å². The van der Waals surface area contributed by atoms with Crippen LogP contribution in [0.5, 0.6) is 0 Å². The number of aliphatic hydroxyl groups excluding tert-OH is 1.